The zero-order valence-corrected chi connectivity index (χ0v) is 54.1. The molecular weight excluding hydrogens is 1070 g/mol. The molecule has 1 rings (SSSR count). The van der Waals surface area contributed by atoms with E-state index >= 15 is 4.79 Å². The van der Waals surface area contributed by atoms with E-state index in [4.69, 9.17) is 0 Å². The minimum atomic E-state index is -1.61. The Hall–Kier alpha value is -6.39. The van der Waals surface area contributed by atoms with Gasteiger partial charge >= 0.3 is 0 Å². The first-order valence-electron chi connectivity index (χ1n) is 29.3. The fraction of sp³-hybridized carbons (Fsp3) is 0.750. The lowest BCUT2D eigenvalue weighted by atomic mass is 9.91. The SMILES string of the molecule is C=C[C@H]1NC(=O)[C@H](C)NC(=O)[C@H](CC(C)C)N(C)C(=O)[C@H](C(C)C)NC(=O)[C@H](CC(C)C)N(C)C(=O)CN(C)C(=O)[C@H](CC)NC(=O)[C@H]([C@H](O)[C@H](C)C/C=C/C)N(C)C(=O)[C@H](C(C)C)N(C)C(=O)[C@H](CC(C)C)N(C)C(=O)[C@H](C)N(C)C1=O. The third kappa shape index (κ3) is 20.4. The van der Waals surface area contributed by atoms with Crippen molar-refractivity contribution in [3.05, 3.63) is 24.8 Å². The van der Waals surface area contributed by atoms with Gasteiger partial charge in [0.15, 0.2) is 0 Å². The summed E-state index contributed by atoms with van der Waals surface area (Å²) in [5, 5.41) is 22.9. The molecule has 23 nitrogen and oxygen atoms in total. The first kappa shape index (κ1) is 74.6. The second kappa shape index (κ2) is 33.8. The Morgan fingerprint density at radius 2 is 1.01 bits per heavy atom. The van der Waals surface area contributed by atoms with Gasteiger partial charge in [0.05, 0.1) is 12.6 Å². The number of aliphatic hydroxyl groups is 1. The minimum absolute atomic E-state index is 0.0193. The average molecular weight is 1170 g/mol. The lowest BCUT2D eigenvalue weighted by Crippen LogP contribution is -2.63. The van der Waals surface area contributed by atoms with E-state index in [-0.39, 0.29) is 43.4 Å². The van der Waals surface area contributed by atoms with Crippen LogP contribution in [0.3, 0.4) is 0 Å². The molecule has 0 spiro atoms. The molecule has 1 aliphatic rings. The van der Waals surface area contributed by atoms with Gasteiger partial charge in [0.25, 0.3) is 0 Å². The molecule has 0 aromatic carbocycles. The van der Waals surface area contributed by atoms with Gasteiger partial charge in [-0.1, -0.05) is 101 Å². The van der Waals surface area contributed by atoms with Crippen LogP contribution in [0.15, 0.2) is 24.8 Å². The summed E-state index contributed by atoms with van der Waals surface area (Å²) < 4.78 is 0. The van der Waals surface area contributed by atoms with Crippen LogP contribution in [0.4, 0.5) is 0 Å². The van der Waals surface area contributed by atoms with Crippen molar-refractivity contribution in [3.8, 4) is 0 Å². The van der Waals surface area contributed by atoms with Crippen molar-refractivity contribution in [2.75, 3.05) is 55.9 Å². The van der Waals surface area contributed by atoms with Crippen LogP contribution in [0.2, 0.25) is 0 Å². The third-order valence-corrected chi connectivity index (χ3v) is 15.6. The molecular formula is C60H105N11O12. The normalized spacial score (nSPS) is 27.1. The number of hydrogen-bond acceptors (Lipinski definition) is 12. The molecule has 83 heavy (non-hydrogen) atoms. The van der Waals surface area contributed by atoms with E-state index in [9.17, 15) is 53.1 Å². The molecule has 0 saturated carbocycles. The quantitative estimate of drug-likeness (QED) is 0.157. The topological polar surface area (TPSA) is 279 Å². The van der Waals surface area contributed by atoms with Gasteiger partial charge in [-0.05, 0) is 88.4 Å². The van der Waals surface area contributed by atoms with E-state index in [1.807, 2.05) is 41.5 Å². The predicted molar refractivity (Wildman–Crippen MR) is 319 cm³/mol. The van der Waals surface area contributed by atoms with Crippen LogP contribution in [0.25, 0.3) is 0 Å². The van der Waals surface area contributed by atoms with E-state index in [0.29, 0.717) is 6.42 Å². The second-order valence-corrected chi connectivity index (χ2v) is 24.6. The lowest BCUT2D eigenvalue weighted by Gasteiger charge is -2.41. The molecule has 0 bridgehead atoms. The van der Waals surface area contributed by atoms with Crippen LogP contribution in [0.1, 0.15) is 136 Å². The summed E-state index contributed by atoms with van der Waals surface area (Å²) in [6.45, 7) is 29.1. The first-order valence-corrected chi connectivity index (χ1v) is 29.3. The Morgan fingerprint density at radius 1 is 0.530 bits per heavy atom. The molecule has 1 fully saturated rings. The molecule has 0 aromatic heterocycles. The van der Waals surface area contributed by atoms with Gasteiger partial charge in [-0.3, -0.25) is 52.7 Å². The average Bonchev–Trinajstić information content (AvgIpc) is 3.43. The summed E-state index contributed by atoms with van der Waals surface area (Å²) in [5.74, 6) is -9.95. The van der Waals surface area contributed by atoms with Crippen LogP contribution in [0, 0.1) is 35.5 Å². The van der Waals surface area contributed by atoms with Crippen molar-refractivity contribution in [1.29, 1.82) is 0 Å². The Kier molecular flexibility index (Phi) is 30.4. The van der Waals surface area contributed by atoms with Crippen LogP contribution in [-0.4, -0.2) is 227 Å². The van der Waals surface area contributed by atoms with Gasteiger partial charge in [0.1, 0.15) is 60.4 Å². The molecule has 0 aliphatic carbocycles. The number of hydrogen-bond donors (Lipinski definition) is 5. The van der Waals surface area contributed by atoms with Crippen molar-refractivity contribution >= 4 is 65.0 Å². The number of allylic oxidation sites excluding steroid dienone is 2. The maximum absolute atomic E-state index is 15.0. The standard InChI is InChI=1S/C60H105N11O12/c1-24-27-28-38(14)50(73)49-54(77)63-41(25-2)56(79)65(17)32-46(72)67(19)43(29-33(4)5)53(76)64-47(36(10)11)59(82)68(20)44(30-34(6)7)52(75)61-39(15)51(74)62-42(26-3)57(80)66(18)40(16)55(78)69(21)45(31-35(8)9)58(81)70(22)48(37(12)13)60(83)71(49)23/h24,26-27,33-45,47-50,73H,3,25,28-32H2,1-2,4-23H3,(H,61,75)(H,62,74)(H,63,77)(H,64,76)/b27-24+/t38-,39+,40+,41+,42-,43+,44+,45+,47+,48+,49+,50-/m1/s1. The number of rotatable bonds is 14. The predicted octanol–water partition coefficient (Wildman–Crippen LogP) is 2.41. The highest BCUT2D eigenvalue weighted by Crippen LogP contribution is 2.25. The monoisotopic (exact) mass is 1170 g/mol. The number of nitrogens with one attached hydrogen (secondary N) is 4. The number of nitrogens with zero attached hydrogens (tertiary/aromatic N) is 7. The number of carbonyl (C=O) groups excluding carboxylic acids is 11. The molecule has 1 saturated heterocycles. The highest BCUT2D eigenvalue weighted by molar-refractivity contribution is 6.00. The molecule has 0 unspecified atom stereocenters. The van der Waals surface area contributed by atoms with Crippen LogP contribution in [-0.2, 0) is 52.7 Å². The zero-order chi connectivity index (χ0) is 64.4. The highest BCUT2D eigenvalue weighted by Gasteiger charge is 2.45. The van der Waals surface area contributed by atoms with Gasteiger partial charge in [0, 0.05) is 49.3 Å². The highest BCUT2D eigenvalue weighted by atomic mass is 16.3. The van der Waals surface area contributed by atoms with Crippen LogP contribution >= 0.6 is 0 Å². The number of carbonyl (C=O) groups is 11. The van der Waals surface area contributed by atoms with Crippen LogP contribution < -0.4 is 21.3 Å². The second-order valence-electron chi connectivity index (χ2n) is 24.6. The first-order chi connectivity index (χ1) is 38.4. The fourth-order valence-electron chi connectivity index (χ4n) is 10.1. The number of aliphatic hydroxyl groups excluding tert-OH is 1. The van der Waals surface area contributed by atoms with Crippen LogP contribution in [0.5, 0.6) is 0 Å². The van der Waals surface area contributed by atoms with Crippen molar-refractivity contribution < 1.29 is 57.8 Å². The maximum Gasteiger partial charge on any atom is 0.249 e. The summed E-state index contributed by atoms with van der Waals surface area (Å²) in [6, 6.07) is -12.7. The molecule has 472 valence electrons. The van der Waals surface area contributed by atoms with E-state index in [1.54, 1.807) is 60.6 Å². The number of likely N-dealkylation sites (N-methyl/N-ethyl adjacent to an activating group) is 7. The largest absolute Gasteiger partial charge is 0.390 e. The Balaban J connectivity index is 4.25. The molecule has 1 heterocycles. The Bertz CT molecular complexity index is 2310. The molecule has 1 aliphatic heterocycles. The van der Waals surface area contributed by atoms with Crippen molar-refractivity contribution in [2.24, 2.45) is 35.5 Å². The van der Waals surface area contributed by atoms with Gasteiger partial charge in [-0.15, -0.1) is 6.58 Å². The minimum Gasteiger partial charge on any atom is -0.390 e. The van der Waals surface area contributed by atoms with E-state index in [0.717, 1.165) is 14.7 Å². The van der Waals surface area contributed by atoms with Gasteiger partial charge in [0.2, 0.25) is 65.0 Å². The summed E-state index contributed by atoms with van der Waals surface area (Å²) in [4.78, 5) is 167. The summed E-state index contributed by atoms with van der Waals surface area (Å²) in [5.41, 5.74) is 0. The Labute approximate surface area is 495 Å². The molecule has 5 N–H and O–H groups in total. The number of amides is 11. The Morgan fingerprint density at radius 3 is 1.48 bits per heavy atom. The van der Waals surface area contributed by atoms with Gasteiger partial charge in [-0.25, -0.2) is 0 Å². The van der Waals surface area contributed by atoms with Crippen molar-refractivity contribution in [2.45, 2.75) is 202 Å². The van der Waals surface area contributed by atoms with Gasteiger partial charge < -0.3 is 60.7 Å². The fourth-order valence-corrected chi connectivity index (χ4v) is 10.1. The summed E-state index contributed by atoms with van der Waals surface area (Å²) in [7, 11) is 9.72. The summed E-state index contributed by atoms with van der Waals surface area (Å²) in [6.07, 6.45) is 3.99. The molecule has 0 radical (unpaired) electrons. The zero-order valence-electron chi connectivity index (χ0n) is 54.1. The van der Waals surface area contributed by atoms with Crippen molar-refractivity contribution in [1.82, 2.24) is 55.6 Å². The third-order valence-electron chi connectivity index (χ3n) is 15.6. The van der Waals surface area contributed by atoms with E-state index in [2.05, 4.69) is 27.8 Å². The molecule has 11 amide bonds. The molecule has 0 aromatic rings. The van der Waals surface area contributed by atoms with Crippen molar-refractivity contribution in [3.63, 3.8) is 0 Å². The smallest absolute Gasteiger partial charge is 0.249 e. The summed E-state index contributed by atoms with van der Waals surface area (Å²) >= 11 is 0. The lowest BCUT2D eigenvalue weighted by molar-refractivity contribution is -0.157. The maximum atomic E-state index is 15.0. The molecule has 12 atom stereocenters. The van der Waals surface area contributed by atoms with E-state index in [1.165, 1.54) is 88.9 Å². The van der Waals surface area contributed by atoms with Gasteiger partial charge in [-0.2, -0.15) is 0 Å². The molecule has 23 heteroatoms. The van der Waals surface area contributed by atoms with E-state index < -0.39 is 156 Å².